The molecule has 0 unspecified atom stereocenters. The Hall–Kier alpha value is -4.39. The van der Waals surface area contributed by atoms with Gasteiger partial charge in [0.25, 0.3) is 0 Å². The molecular formula is C44H58F4N4O10S. The van der Waals surface area contributed by atoms with Crippen molar-refractivity contribution in [3.05, 3.63) is 36.0 Å². The van der Waals surface area contributed by atoms with Gasteiger partial charge in [-0.3, -0.25) is 23.9 Å². The van der Waals surface area contributed by atoms with Crippen LogP contribution in [0.1, 0.15) is 104 Å². The lowest BCUT2D eigenvalue weighted by atomic mass is 9.81. The Labute approximate surface area is 365 Å². The van der Waals surface area contributed by atoms with Gasteiger partial charge in [0.15, 0.2) is 5.78 Å². The number of carbonyl (C=O) groups is 4. The summed E-state index contributed by atoms with van der Waals surface area (Å²) in [6.07, 6.45) is -1.99. The lowest BCUT2D eigenvalue weighted by Crippen LogP contribution is -2.49. The fourth-order valence-electron chi connectivity index (χ4n) is 8.79. The van der Waals surface area contributed by atoms with Crippen molar-refractivity contribution in [2.24, 2.45) is 29.1 Å². The smallest absolute Gasteiger partial charge is 0.427 e. The molecule has 2 aromatic rings. The molecule has 4 aliphatic rings. The van der Waals surface area contributed by atoms with E-state index in [0.29, 0.717) is 55.6 Å². The number of rotatable bonds is 13. The van der Waals surface area contributed by atoms with Crippen LogP contribution in [0.4, 0.5) is 17.6 Å². The normalized spacial score (nSPS) is 28.3. The maximum absolute atomic E-state index is 15.1. The Morgan fingerprint density at radius 3 is 2.40 bits per heavy atom. The van der Waals surface area contributed by atoms with Crippen molar-refractivity contribution in [3.8, 4) is 11.6 Å². The first-order valence-corrected chi connectivity index (χ1v) is 22.9. The molecule has 1 N–H and O–H groups in total. The number of benzene rings is 1. The number of hydrogen-bond acceptors (Lipinski definition) is 12. The largest absolute Gasteiger partial charge is 0.497 e. The molecule has 1 aromatic heterocycles. The SMILES string of the molecule is COC[C@@H]1C[C@@H](C)CC/C=C\[C@@H]2C[C@@]2(C(=O)NS(=O)(=O)C2(CF)CC2)CC(=O)[C@@H]2C[C@@H](Oc3nc4cc(OC)ccc4nc3C(C)C)CN2C(=O)[C@H]1CC(=O)OC(C)(C)C(F)(F)F. The third-order valence-electron chi connectivity index (χ3n) is 13.1. The lowest BCUT2D eigenvalue weighted by molar-refractivity contribution is -0.257. The van der Waals surface area contributed by atoms with Gasteiger partial charge >= 0.3 is 12.1 Å². The molecule has 2 saturated carbocycles. The van der Waals surface area contributed by atoms with Gasteiger partial charge in [-0.05, 0) is 82.3 Å². The number of aromatic nitrogens is 2. The molecule has 7 atom stereocenters. The van der Waals surface area contributed by atoms with E-state index in [0.717, 1.165) is 0 Å². The second kappa shape index (κ2) is 18.2. The number of Topliss-reactive ketones (excluding diaryl/α,β-unsaturated/α-hetero) is 1. The number of esters is 1. The topological polar surface area (TPSA) is 180 Å². The summed E-state index contributed by atoms with van der Waals surface area (Å²) in [6.45, 7) is 5.68. The second-order valence-electron chi connectivity index (χ2n) is 18.6. The van der Waals surface area contributed by atoms with E-state index >= 15 is 4.79 Å². The number of halogens is 4. The molecule has 6 rings (SSSR count). The number of carbonyl (C=O) groups excluding carboxylic acids is 4. The van der Waals surface area contributed by atoms with Crippen molar-refractivity contribution in [2.75, 3.05) is 34.0 Å². The average Bonchev–Trinajstić information content (AvgIpc) is 4.11. The molecular weight excluding hydrogens is 853 g/mol. The Bertz CT molecular complexity index is 2210. The van der Waals surface area contributed by atoms with Crippen LogP contribution in [0.15, 0.2) is 30.4 Å². The zero-order valence-corrected chi connectivity index (χ0v) is 37.6. The van der Waals surface area contributed by atoms with Crippen LogP contribution in [0.2, 0.25) is 0 Å². The minimum absolute atomic E-state index is 0.0419. The van der Waals surface area contributed by atoms with Gasteiger partial charge < -0.3 is 23.8 Å². The fourth-order valence-corrected chi connectivity index (χ4v) is 10.2. The highest BCUT2D eigenvalue weighted by molar-refractivity contribution is 7.91. The molecule has 1 aromatic carbocycles. The monoisotopic (exact) mass is 910 g/mol. The number of ether oxygens (including phenoxy) is 4. The third kappa shape index (κ3) is 10.1. The number of fused-ring (bicyclic) bond motifs is 3. The van der Waals surface area contributed by atoms with E-state index in [1.54, 1.807) is 24.3 Å². The zero-order chi connectivity index (χ0) is 46.3. The predicted molar refractivity (Wildman–Crippen MR) is 222 cm³/mol. The maximum atomic E-state index is 15.1. The van der Waals surface area contributed by atoms with Crippen molar-refractivity contribution in [1.82, 2.24) is 19.6 Å². The maximum Gasteiger partial charge on any atom is 0.427 e. The number of methoxy groups -OCH3 is 2. The first-order valence-electron chi connectivity index (χ1n) is 21.4. The van der Waals surface area contributed by atoms with Crippen LogP contribution in [-0.4, -0.2) is 110 Å². The second-order valence-corrected chi connectivity index (χ2v) is 20.7. The third-order valence-corrected chi connectivity index (χ3v) is 15.2. The highest BCUT2D eigenvalue weighted by Crippen LogP contribution is 2.58. The zero-order valence-electron chi connectivity index (χ0n) is 36.8. The molecule has 2 amide bonds. The summed E-state index contributed by atoms with van der Waals surface area (Å²) in [4.78, 5) is 68.3. The molecule has 2 aliphatic carbocycles. The quantitative estimate of drug-likeness (QED) is 0.130. The van der Waals surface area contributed by atoms with E-state index in [2.05, 4.69) is 4.72 Å². The Kier molecular flexibility index (Phi) is 13.9. The number of ketones is 1. The molecule has 3 fully saturated rings. The van der Waals surface area contributed by atoms with Crippen LogP contribution in [-0.2, 0) is 38.7 Å². The minimum atomic E-state index is -4.92. The van der Waals surface area contributed by atoms with E-state index in [1.165, 1.54) is 19.1 Å². The van der Waals surface area contributed by atoms with Gasteiger partial charge in [0, 0.05) is 38.5 Å². The summed E-state index contributed by atoms with van der Waals surface area (Å²) in [5, 5.41) is 0. The first kappa shape index (κ1) is 48.1. The molecule has 2 aliphatic heterocycles. The number of hydrogen-bond donors (Lipinski definition) is 1. The van der Waals surface area contributed by atoms with Crippen molar-refractivity contribution in [1.29, 1.82) is 0 Å². The summed E-state index contributed by atoms with van der Waals surface area (Å²) >= 11 is 0. The van der Waals surface area contributed by atoms with Gasteiger partial charge in [-0.1, -0.05) is 32.9 Å². The van der Waals surface area contributed by atoms with Crippen LogP contribution in [0.25, 0.3) is 11.0 Å². The number of alkyl halides is 4. The standard InChI is InChI=1S/C44H58F4N4O10S/c1-25(2)37-38(50-33-17-29(60-7)12-13-32(33)49-37)61-30-18-34-35(53)21-43(40(56)51-63(57,58)42(24-45)14-15-42)20-28(43)11-9-8-10-26(3)16-27(23-59-6)31(39(55)52(34)22-30)19-36(54)62-41(4,5)44(46,47)48/h9,11-13,17,25-28,30-31,34H,8,10,14-16,18-24H2,1-7H3,(H,51,56)/b11-9-/t26-,27-,28+,30+,31-,34-,43+/m0/s1. The highest BCUT2D eigenvalue weighted by Gasteiger charge is 2.64. The molecule has 348 valence electrons. The summed E-state index contributed by atoms with van der Waals surface area (Å²) in [7, 11) is -1.53. The minimum Gasteiger partial charge on any atom is -0.497 e. The summed E-state index contributed by atoms with van der Waals surface area (Å²) in [5.41, 5.74) is -2.91. The number of allylic oxidation sites excluding steroid dienone is 2. The summed E-state index contributed by atoms with van der Waals surface area (Å²) < 4.78 is 105. The van der Waals surface area contributed by atoms with Crippen LogP contribution in [0.3, 0.4) is 0 Å². The number of nitrogens with one attached hydrogen (secondary N) is 1. The average molecular weight is 911 g/mol. The Morgan fingerprint density at radius 2 is 1.78 bits per heavy atom. The van der Waals surface area contributed by atoms with E-state index in [4.69, 9.17) is 28.9 Å². The van der Waals surface area contributed by atoms with Crippen LogP contribution >= 0.6 is 0 Å². The highest BCUT2D eigenvalue weighted by atomic mass is 32.2. The van der Waals surface area contributed by atoms with Gasteiger partial charge in [0.2, 0.25) is 33.3 Å². The van der Waals surface area contributed by atoms with Gasteiger partial charge in [-0.2, -0.15) is 13.2 Å². The Balaban J connectivity index is 1.40. The predicted octanol–water partition coefficient (Wildman–Crippen LogP) is 6.55. The number of sulfonamides is 1. The lowest BCUT2D eigenvalue weighted by Gasteiger charge is -2.34. The number of nitrogens with zero attached hydrogens (tertiary/aromatic N) is 3. The fraction of sp³-hybridized carbons (Fsp3) is 0.682. The van der Waals surface area contributed by atoms with Crippen molar-refractivity contribution in [2.45, 2.75) is 127 Å². The molecule has 63 heavy (non-hydrogen) atoms. The van der Waals surface area contributed by atoms with Gasteiger partial charge in [0.05, 0.1) is 48.5 Å². The number of amides is 2. The Morgan fingerprint density at radius 1 is 1.06 bits per heavy atom. The summed E-state index contributed by atoms with van der Waals surface area (Å²) in [5.74, 6) is -5.76. The van der Waals surface area contributed by atoms with Crippen LogP contribution < -0.4 is 14.2 Å². The molecule has 19 heteroatoms. The molecule has 3 heterocycles. The molecule has 0 spiro atoms. The van der Waals surface area contributed by atoms with E-state index in [-0.39, 0.29) is 56.6 Å². The van der Waals surface area contributed by atoms with Gasteiger partial charge in [-0.25, -0.2) is 22.8 Å². The molecule has 0 radical (unpaired) electrons. The molecule has 14 nitrogen and oxygen atoms in total. The van der Waals surface area contributed by atoms with Gasteiger partial charge in [0.1, 0.15) is 29.0 Å². The molecule has 0 bridgehead atoms. The van der Waals surface area contributed by atoms with Gasteiger partial charge in [-0.15, -0.1) is 0 Å². The summed E-state index contributed by atoms with van der Waals surface area (Å²) in [6, 6.07) is 3.87. The van der Waals surface area contributed by atoms with Crippen molar-refractivity contribution < 1.29 is 64.1 Å². The van der Waals surface area contributed by atoms with Crippen molar-refractivity contribution >= 4 is 44.6 Å². The van der Waals surface area contributed by atoms with Crippen molar-refractivity contribution in [3.63, 3.8) is 0 Å². The van der Waals surface area contributed by atoms with E-state index in [9.17, 15) is 40.4 Å². The van der Waals surface area contributed by atoms with E-state index in [1.807, 2.05) is 26.8 Å². The van der Waals surface area contributed by atoms with E-state index < -0.39 is 105 Å². The first-order chi connectivity index (χ1) is 29.5. The molecule has 1 saturated heterocycles. The van der Waals surface area contributed by atoms with Crippen LogP contribution in [0, 0.1) is 29.1 Å². The van der Waals surface area contributed by atoms with Crippen LogP contribution in [0.5, 0.6) is 11.6 Å².